The number of rotatable bonds is 21. The van der Waals surface area contributed by atoms with Gasteiger partial charge in [0.25, 0.3) is 0 Å². The molecule has 0 spiro atoms. The number of amides is 14. The summed E-state index contributed by atoms with van der Waals surface area (Å²) in [6.45, 7) is 7.81. The Morgan fingerprint density at radius 3 is 1.56 bits per heavy atom. The van der Waals surface area contributed by atoms with Gasteiger partial charge in [-0.15, -0.1) is 11.8 Å². The number of likely N-dealkylation sites (N-methyl/N-ethyl adjacent to an activating group) is 3. The number of ether oxygens (including phenoxy) is 2. The van der Waals surface area contributed by atoms with E-state index in [4.69, 9.17) is 26.7 Å². The summed E-state index contributed by atoms with van der Waals surface area (Å²) in [5.74, 6) is -13.4. The lowest BCUT2D eigenvalue weighted by molar-refractivity contribution is -0.150. The number of phenols is 2. The Bertz CT molecular complexity index is 3930. The first-order chi connectivity index (χ1) is 53.2. The molecule has 610 valence electrons. The Balaban J connectivity index is 1.46. The summed E-state index contributed by atoms with van der Waals surface area (Å²) in [7, 11) is 6.79. The van der Waals surface area contributed by atoms with E-state index >= 15 is 24.0 Å². The van der Waals surface area contributed by atoms with Gasteiger partial charge in [-0.3, -0.25) is 67.1 Å². The van der Waals surface area contributed by atoms with Gasteiger partial charge in [0.05, 0.1) is 32.9 Å². The summed E-state index contributed by atoms with van der Waals surface area (Å²) in [5, 5.41) is 41.8. The van der Waals surface area contributed by atoms with Crippen LogP contribution in [0.15, 0.2) is 97.1 Å². The number of unbranched alkanes of at least 4 members (excludes halogenated alkanes) is 1. The van der Waals surface area contributed by atoms with Crippen molar-refractivity contribution in [2.45, 2.75) is 178 Å². The molecular formula is C78H109N15O18S. The molecule has 112 heavy (non-hydrogen) atoms. The number of carbonyl (C=O) groups is 14. The second-order valence-electron chi connectivity index (χ2n) is 28.4. The van der Waals surface area contributed by atoms with Crippen LogP contribution < -0.4 is 69.2 Å². The number of nitrogens with two attached hydrogens (primary N) is 3. The molecule has 2 aliphatic heterocycles. The van der Waals surface area contributed by atoms with Crippen molar-refractivity contribution >= 4 is 94.5 Å². The average molecular weight is 1580 g/mol. The SMILES string of the molecule is CC[C@H](C)[C@@H]1NC(=O)CN(C)C(=O)[C@H](Cc2ccc(O)cc2)NC(=O)CSC[C@@H](C(N)=O)NC(=O)[C@@H]2CCCN2C(=O)[C@H]([C@@H](C)CC)NC(=O)[C@H](Cc2ccc(OC)cc2)N(C)C(=O)[C@H](Cc2ccc(OC)cc2)N(C)C(=O)[C@H](CC(N)=O)NC(=O)[C@H](Cc2ccc(O)cc2)NC(=O)[C@H](CCCCN)NC(=O)[C@H](C)NC1=O. The zero-order valence-corrected chi connectivity index (χ0v) is 65.9. The maximum Gasteiger partial charge on any atom is 0.246 e. The maximum atomic E-state index is 15.8. The summed E-state index contributed by atoms with van der Waals surface area (Å²) < 4.78 is 10.8. The van der Waals surface area contributed by atoms with Crippen molar-refractivity contribution in [2.75, 3.05) is 66.5 Å². The quantitative estimate of drug-likeness (QED) is 0.0477. The van der Waals surface area contributed by atoms with Crippen LogP contribution in [0.3, 0.4) is 0 Å². The van der Waals surface area contributed by atoms with Crippen molar-refractivity contribution in [3.63, 3.8) is 0 Å². The Kier molecular flexibility index (Phi) is 34.9. The number of thioether (sulfide) groups is 1. The van der Waals surface area contributed by atoms with Crippen LogP contribution in [-0.2, 0) is 92.8 Å². The van der Waals surface area contributed by atoms with Crippen molar-refractivity contribution in [1.82, 2.24) is 62.1 Å². The van der Waals surface area contributed by atoms with E-state index in [2.05, 4.69) is 42.5 Å². The molecule has 34 heteroatoms. The molecule has 2 heterocycles. The van der Waals surface area contributed by atoms with Crippen LogP contribution in [0.25, 0.3) is 0 Å². The monoisotopic (exact) mass is 1580 g/mol. The van der Waals surface area contributed by atoms with Gasteiger partial charge in [0.1, 0.15) is 89.5 Å². The smallest absolute Gasteiger partial charge is 0.246 e. The number of primary amides is 2. The Hall–Kier alpha value is -11.0. The molecule has 0 bridgehead atoms. The van der Waals surface area contributed by atoms with Gasteiger partial charge in [-0.25, -0.2) is 0 Å². The van der Waals surface area contributed by atoms with Crippen LogP contribution in [0.2, 0.25) is 0 Å². The molecule has 0 radical (unpaired) electrons. The minimum Gasteiger partial charge on any atom is -0.508 e. The highest BCUT2D eigenvalue weighted by molar-refractivity contribution is 8.00. The average Bonchev–Trinajstić information content (AvgIpc) is 0.982. The number of hydrogen-bond donors (Lipinski definition) is 13. The standard InChI is InChI=1S/C78H109N15O18S/c1-11-44(3)66-74(105)82-46(5)69(100)84-55(16-13-14-34-79)70(101)85-56(36-47-18-26-51(94)27-19-47)71(102)86-58(40-63(80)96)76(107)92(8)62(39-50-24-32-54(111-10)33-25-50)77(108)91(7)61(38-49-22-30-53(110-9)31-23-49)73(104)89-67(45(4)12-2)78(109)93-35-15-17-60(93)72(103)87-59(68(81)99)42-112-43-65(98)83-57(37-48-20-28-52(95)29-21-48)75(106)90(6)41-64(97)88-66/h18-33,44-46,55-62,66-67,94-95H,11-17,34-43,79H2,1-10H3,(H2,80,96)(H2,81,99)(H,82,105)(H,83,98)(H,84,100)(H,85,101)(H,86,102)(H,87,103)(H,88,97)(H,89,104)/t44-,45-,46-,55-,56-,57-,58-,59-,60-,61-,62-,66-,67-/m0/s1. The molecule has 16 N–H and O–H groups in total. The van der Waals surface area contributed by atoms with Gasteiger partial charge in [-0.05, 0) is 128 Å². The second kappa shape index (κ2) is 43.5. The van der Waals surface area contributed by atoms with Crippen LogP contribution >= 0.6 is 11.8 Å². The van der Waals surface area contributed by atoms with Crippen LogP contribution in [0.4, 0.5) is 0 Å². The summed E-state index contributed by atoms with van der Waals surface area (Å²) in [6.07, 6.45) is -0.187. The van der Waals surface area contributed by atoms with E-state index in [1.165, 1.54) is 95.7 Å². The number of nitrogens with zero attached hydrogens (tertiary/aromatic N) is 4. The number of fused-ring (bicyclic) bond motifs is 1. The van der Waals surface area contributed by atoms with Crippen LogP contribution in [0.5, 0.6) is 23.0 Å². The van der Waals surface area contributed by atoms with Crippen LogP contribution in [0, 0.1) is 11.8 Å². The number of aromatic hydroxyl groups is 2. The third-order valence-corrected chi connectivity index (χ3v) is 21.2. The Morgan fingerprint density at radius 1 is 0.527 bits per heavy atom. The zero-order chi connectivity index (χ0) is 82.6. The largest absolute Gasteiger partial charge is 0.508 e. The van der Waals surface area contributed by atoms with E-state index in [1.54, 1.807) is 76.2 Å². The minimum atomic E-state index is -1.87. The number of benzene rings is 4. The highest BCUT2D eigenvalue weighted by Gasteiger charge is 2.44. The van der Waals surface area contributed by atoms with Crippen molar-refractivity contribution in [3.8, 4) is 23.0 Å². The molecule has 14 amide bonds. The second-order valence-corrected chi connectivity index (χ2v) is 29.5. The normalized spacial score (nSPS) is 24.0. The molecular weight excluding hydrogens is 1470 g/mol. The molecule has 2 aliphatic rings. The molecule has 33 nitrogen and oxygen atoms in total. The van der Waals surface area contributed by atoms with Crippen molar-refractivity contribution in [2.24, 2.45) is 29.0 Å². The molecule has 0 unspecified atom stereocenters. The third kappa shape index (κ3) is 26.3. The number of phenolic OH excluding ortho intramolecular Hbond substituents is 2. The summed E-state index contributed by atoms with van der Waals surface area (Å²) in [6, 6.07) is 8.47. The highest BCUT2D eigenvalue weighted by Crippen LogP contribution is 2.26. The van der Waals surface area contributed by atoms with Gasteiger partial charge in [-0.2, -0.15) is 0 Å². The van der Waals surface area contributed by atoms with E-state index in [0.29, 0.717) is 59.4 Å². The van der Waals surface area contributed by atoms with Gasteiger partial charge in [0.15, 0.2) is 0 Å². The fraction of sp³-hybridized carbons (Fsp3) is 0.513. The van der Waals surface area contributed by atoms with Gasteiger partial charge < -0.3 is 99.0 Å². The predicted molar refractivity (Wildman–Crippen MR) is 416 cm³/mol. The lowest BCUT2D eigenvalue weighted by atomic mass is 9.95. The summed E-state index contributed by atoms with van der Waals surface area (Å²) in [4.78, 5) is 208. The number of hydrogen-bond acceptors (Lipinski definition) is 20. The Morgan fingerprint density at radius 2 is 1.03 bits per heavy atom. The zero-order valence-electron chi connectivity index (χ0n) is 65.1. The molecule has 2 fully saturated rings. The minimum absolute atomic E-state index is 0.0383. The van der Waals surface area contributed by atoms with Crippen molar-refractivity contribution in [3.05, 3.63) is 119 Å². The number of nitrogens with one attached hydrogen (secondary N) is 8. The lowest BCUT2D eigenvalue weighted by Crippen LogP contribution is -2.62. The number of carbonyl (C=O) groups excluding carboxylic acids is 14. The molecule has 0 aliphatic carbocycles. The maximum absolute atomic E-state index is 15.8. The van der Waals surface area contributed by atoms with E-state index in [-0.39, 0.29) is 75.3 Å². The topological polar surface area (TPSA) is 485 Å². The summed E-state index contributed by atoms with van der Waals surface area (Å²) in [5.41, 5.74) is 19.4. The molecule has 4 aromatic carbocycles. The first-order valence-corrected chi connectivity index (χ1v) is 38.5. The van der Waals surface area contributed by atoms with Gasteiger partial charge in [-0.1, -0.05) is 89.1 Å². The van der Waals surface area contributed by atoms with E-state index < -0.39 is 180 Å². The first kappa shape index (κ1) is 89.9. The van der Waals surface area contributed by atoms with Crippen molar-refractivity contribution < 1.29 is 86.8 Å². The van der Waals surface area contributed by atoms with Crippen LogP contribution in [-0.4, -0.2) is 245 Å². The Labute approximate surface area is 656 Å². The van der Waals surface area contributed by atoms with E-state index in [9.17, 15) is 53.4 Å². The predicted octanol–water partition coefficient (Wildman–Crippen LogP) is -0.284. The van der Waals surface area contributed by atoms with E-state index in [0.717, 1.165) is 26.5 Å². The molecule has 0 saturated carbocycles. The van der Waals surface area contributed by atoms with Crippen molar-refractivity contribution in [1.29, 1.82) is 0 Å². The summed E-state index contributed by atoms with van der Waals surface area (Å²) >= 11 is 0.882. The fourth-order valence-corrected chi connectivity index (χ4v) is 13.8. The molecule has 13 atom stereocenters. The molecule has 2 saturated heterocycles. The van der Waals surface area contributed by atoms with Gasteiger partial charge in [0.2, 0.25) is 82.7 Å². The molecule has 4 aromatic rings. The van der Waals surface area contributed by atoms with Crippen LogP contribution in [0.1, 0.15) is 108 Å². The molecule has 0 aromatic heterocycles. The first-order valence-electron chi connectivity index (χ1n) is 37.4. The fourth-order valence-electron chi connectivity index (χ4n) is 12.9. The molecule has 6 rings (SSSR count). The lowest BCUT2D eigenvalue weighted by Gasteiger charge is -2.37. The van der Waals surface area contributed by atoms with Gasteiger partial charge >= 0.3 is 0 Å². The number of methoxy groups -OCH3 is 2. The van der Waals surface area contributed by atoms with E-state index in [1.807, 2.05) is 0 Å². The van der Waals surface area contributed by atoms with Gasteiger partial charge in [0, 0.05) is 59.1 Å². The third-order valence-electron chi connectivity index (χ3n) is 20.1. The highest BCUT2D eigenvalue weighted by atomic mass is 32.2.